The van der Waals surface area contributed by atoms with E-state index in [0.717, 1.165) is 43.4 Å². The summed E-state index contributed by atoms with van der Waals surface area (Å²) in [7, 11) is 2.03. The summed E-state index contributed by atoms with van der Waals surface area (Å²) < 4.78 is 43.0. The molecule has 0 saturated carbocycles. The highest BCUT2D eigenvalue weighted by Crippen LogP contribution is 2.33. The van der Waals surface area contributed by atoms with Crippen molar-refractivity contribution in [1.29, 1.82) is 0 Å². The topological polar surface area (TPSA) is 40.5 Å². The van der Waals surface area contributed by atoms with Crippen molar-refractivity contribution in [1.82, 2.24) is 14.4 Å². The largest absolute Gasteiger partial charge is 0.416 e. The van der Waals surface area contributed by atoms with Crippen molar-refractivity contribution in [2.24, 2.45) is 0 Å². The molecule has 5 nitrogen and oxygen atoms in total. The summed E-state index contributed by atoms with van der Waals surface area (Å²) in [5.41, 5.74) is 2.49. The van der Waals surface area contributed by atoms with Crippen LogP contribution in [-0.4, -0.2) is 53.5 Å². The lowest BCUT2D eigenvalue weighted by molar-refractivity contribution is -0.137. The number of carbonyl (C=O) groups excluding carboxylic acids is 1. The Bertz CT molecular complexity index is 1180. The average Bonchev–Trinajstić information content (AvgIpc) is 3.33. The van der Waals surface area contributed by atoms with E-state index in [9.17, 15) is 18.0 Å². The van der Waals surface area contributed by atoms with E-state index in [1.165, 1.54) is 6.07 Å². The number of anilines is 1. The van der Waals surface area contributed by atoms with Gasteiger partial charge in [0.05, 0.1) is 5.56 Å². The molecule has 2 aromatic carbocycles. The molecule has 1 N–H and O–H groups in total. The minimum atomic E-state index is -4.50. The van der Waals surface area contributed by atoms with Crippen molar-refractivity contribution in [3.63, 3.8) is 0 Å². The minimum absolute atomic E-state index is 0.152. The number of alkyl halides is 3. The quantitative estimate of drug-likeness (QED) is 0.456. The van der Waals surface area contributed by atoms with Gasteiger partial charge >= 0.3 is 6.18 Å². The van der Waals surface area contributed by atoms with Crippen molar-refractivity contribution in [2.75, 3.05) is 38.5 Å². The summed E-state index contributed by atoms with van der Waals surface area (Å²) in [6.45, 7) is 8.55. The maximum absolute atomic E-state index is 13.7. The molecule has 1 amide bonds. The van der Waals surface area contributed by atoms with Crippen LogP contribution in [0.15, 0.2) is 60.9 Å². The number of aromatic nitrogens is 1. The summed E-state index contributed by atoms with van der Waals surface area (Å²) in [4.78, 5) is 17.5. The molecule has 1 saturated heterocycles. The molecule has 192 valence electrons. The molecule has 36 heavy (non-hydrogen) atoms. The zero-order valence-corrected chi connectivity index (χ0v) is 21.0. The number of carbonyl (C=O) groups is 1. The van der Waals surface area contributed by atoms with E-state index in [0.29, 0.717) is 24.2 Å². The number of halogens is 3. The Labute approximate surface area is 210 Å². The summed E-state index contributed by atoms with van der Waals surface area (Å²) >= 11 is 0. The first kappa shape index (κ1) is 26.0. The third-order valence-corrected chi connectivity index (χ3v) is 6.63. The fraction of sp³-hybridized carbons (Fsp3) is 0.393. The van der Waals surface area contributed by atoms with Crippen molar-refractivity contribution in [2.45, 2.75) is 39.0 Å². The Morgan fingerprint density at radius 2 is 1.67 bits per heavy atom. The number of nitrogens with zero attached hydrogens (tertiary/aromatic N) is 3. The molecular formula is C28H33F3N4O. The number of hydrogen-bond acceptors (Lipinski definition) is 3. The SMILES string of the molecule is CC(C)c1ccc(C(=O)Nc2cc(CN3CCN(C)CC3)cc(C(F)(F)F)c2)cc1Cn1cccc1. The lowest BCUT2D eigenvalue weighted by atomic mass is 9.95. The number of likely N-dealkylation sites (N-methyl/N-ethyl adjacent to an activating group) is 1. The van der Waals surface area contributed by atoms with Crippen LogP contribution in [0.5, 0.6) is 0 Å². The predicted molar refractivity (Wildman–Crippen MR) is 136 cm³/mol. The van der Waals surface area contributed by atoms with Gasteiger partial charge in [-0.25, -0.2) is 0 Å². The van der Waals surface area contributed by atoms with Gasteiger partial charge in [-0.3, -0.25) is 9.69 Å². The summed E-state index contributed by atoms with van der Waals surface area (Å²) in [6.07, 6.45) is -0.580. The third-order valence-electron chi connectivity index (χ3n) is 6.63. The molecule has 1 fully saturated rings. The smallest absolute Gasteiger partial charge is 0.350 e. The van der Waals surface area contributed by atoms with Crippen LogP contribution in [0.2, 0.25) is 0 Å². The maximum Gasteiger partial charge on any atom is 0.416 e. The number of piperazine rings is 1. The molecular weight excluding hydrogens is 465 g/mol. The Kier molecular flexibility index (Phi) is 7.85. The second-order valence-corrected chi connectivity index (χ2v) is 9.87. The number of benzene rings is 2. The molecule has 0 radical (unpaired) electrons. The van der Waals surface area contributed by atoms with Gasteiger partial charge < -0.3 is 14.8 Å². The molecule has 0 aliphatic carbocycles. The molecule has 8 heteroatoms. The van der Waals surface area contributed by atoms with Gasteiger partial charge in [0.25, 0.3) is 5.91 Å². The van der Waals surface area contributed by atoms with Crippen molar-refractivity contribution in [3.8, 4) is 0 Å². The predicted octanol–water partition coefficient (Wildman–Crippen LogP) is 5.68. The molecule has 0 atom stereocenters. The van der Waals surface area contributed by atoms with Gasteiger partial charge in [0.15, 0.2) is 0 Å². The van der Waals surface area contributed by atoms with Crippen LogP contribution in [0.4, 0.5) is 18.9 Å². The Hall–Kier alpha value is -3.10. The summed E-state index contributed by atoms with van der Waals surface area (Å²) in [5, 5.41) is 2.72. The highest BCUT2D eigenvalue weighted by atomic mass is 19.4. The van der Waals surface area contributed by atoms with E-state index in [-0.39, 0.29) is 11.6 Å². The molecule has 0 unspecified atom stereocenters. The van der Waals surface area contributed by atoms with E-state index >= 15 is 0 Å². The first-order chi connectivity index (χ1) is 17.1. The van der Waals surface area contributed by atoms with Crippen LogP contribution < -0.4 is 5.32 Å². The highest BCUT2D eigenvalue weighted by Gasteiger charge is 2.31. The molecule has 0 bridgehead atoms. The summed E-state index contributed by atoms with van der Waals surface area (Å²) in [5.74, 6) is -0.155. The van der Waals surface area contributed by atoms with Gasteiger partial charge in [-0.2, -0.15) is 13.2 Å². The van der Waals surface area contributed by atoms with Crippen LogP contribution in [0, 0.1) is 0 Å². The zero-order valence-electron chi connectivity index (χ0n) is 21.0. The molecule has 1 aliphatic heterocycles. The van der Waals surface area contributed by atoms with Gasteiger partial charge in [0, 0.05) is 62.9 Å². The first-order valence-corrected chi connectivity index (χ1v) is 12.3. The highest BCUT2D eigenvalue weighted by molar-refractivity contribution is 6.04. The summed E-state index contributed by atoms with van der Waals surface area (Å²) in [6, 6.07) is 13.2. The fourth-order valence-corrected chi connectivity index (χ4v) is 4.61. The second kappa shape index (κ2) is 10.9. The zero-order chi connectivity index (χ0) is 25.9. The van der Waals surface area contributed by atoms with Crippen molar-refractivity contribution in [3.05, 3.63) is 88.7 Å². The van der Waals surface area contributed by atoms with Crippen LogP contribution >= 0.6 is 0 Å². The van der Waals surface area contributed by atoms with E-state index in [1.54, 1.807) is 12.1 Å². The Morgan fingerprint density at radius 3 is 2.31 bits per heavy atom. The number of amides is 1. The van der Waals surface area contributed by atoms with Crippen molar-refractivity contribution >= 4 is 11.6 Å². The number of hydrogen-bond donors (Lipinski definition) is 1. The van der Waals surface area contributed by atoms with E-state index in [2.05, 4.69) is 29.0 Å². The normalized spacial score (nSPS) is 15.4. The molecule has 1 aromatic heterocycles. The van der Waals surface area contributed by atoms with Gasteiger partial charge in [-0.15, -0.1) is 0 Å². The maximum atomic E-state index is 13.7. The molecule has 3 aromatic rings. The van der Waals surface area contributed by atoms with Gasteiger partial charge in [-0.1, -0.05) is 19.9 Å². The van der Waals surface area contributed by atoms with E-state index in [4.69, 9.17) is 0 Å². The monoisotopic (exact) mass is 498 g/mol. The van der Waals surface area contributed by atoms with Crippen LogP contribution in [0.1, 0.15) is 52.4 Å². The lowest BCUT2D eigenvalue weighted by Gasteiger charge is -2.32. The van der Waals surface area contributed by atoms with Gasteiger partial charge in [0.2, 0.25) is 0 Å². The average molecular weight is 499 g/mol. The van der Waals surface area contributed by atoms with E-state index < -0.39 is 17.6 Å². The molecule has 0 spiro atoms. The third kappa shape index (κ3) is 6.56. The number of nitrogens with one attached hydrogen (secondary N) is 1. The second-order valence-electron chi connectivity index (χ2n) is 9.87. The standard InChI is InChI=1S/C28H33F3N4O/c1-20(2)26-7-6-22(16-23(26)19-34-8-4-5-9-34)27(36)32-25-15-21(14-24(17-25)28(29,30)31)18-35-12-10-33(3)11-13-35/h4-9,14-17,20H,10-13,18-19H2,1-3H3,(H,32,36). The number of rotatable bonds is 7. The lowest BCUT2D eigenvalue weighted by Crippen LogP contribution is -2.43. The molecule has 2 heterocycles. The fourth-order valence-electron chi connectivity index (χ4n) is 4.61. The van der Waals surface area contributed by atoms with E-state index in [1.807, 2.05) is 48.3 Å². The Morgan fingerprint density at radius 1 is 0.972 bits per heavy atom. The van der Waals surface area contributed by atoms with Crippen LogP contribution in [0.3, 0.4) is 0 Å². The van der Waals surface area contributed by atoms with Gasteiger partial charge in [-0.05, 0) is 72.1 Å². The first-order valence-electron chi connectivity index (χ1n) is 12.3. The van der Waals surface area contributed by atoms with Gasteiger partial charge in [0.1, 0.15) is 0 Å². The Balaban J connectivity index is 1.57. The van der Waals surface area contributed by atoms with Crippen LogP contribution in [0.25, 0.3) is 0 Å². The molecule has 1 aliphatic rings. The van der Waals surface area contributed by atoms with Crippen LogP contribution in [-0.2, 0) is 19.3 Å². The van der Waals surface area contributed by atoms with Crippen molar-refractivity contribution < 1.29 is 18.0 Å². The minimum Gasteiger partial charge on any atom is -0.350 e. The molecule has 4 rings (SSSR count).